The number of nitrogen functional groups attached to an aromatic ring is 1. The molecule has 0 aliphatic heterocycles. The van der Waals surface area contributed by atoms with Crippen LogP contribution in [0.2, 0.25) is 5.02 Å². The highest BCUT2D eigenvalue weighted by Gasteiger charge is 2.28. The Balaban J connectivity index is 1.56. The Kier molecular flexibility index (Phi) is 3.98. The number of nitrogens with zero attached hydrogens (tertiary/aromatic N) is 4. The Bertz CT molecular complexity index is 672. The molecule has 1 heterocycles. The number of nitrogens with two attached hydrogens (primary N) is 1. The summed E-state index contributed by atoms with van der Waals surface area (Å²) in [6.07, 6.45) is 2.18. The maximum Gasteiger partial charge on any atom is 0.234 e. The predicted octanol–water partition coefficient (Wildman–Crippen LogP) is 1.97. The SMILES string of the molecule is Nc1cc(NC(=O)CSc2nnnn2C2CC2)ccc1Cl. The van der Waals surface area contributed by atoms with Gasteiger partial charge in [-0.05, 0) is 41.5 Å². The summed E-state index contributed by atoms with van der Waals surface area (Å²) in [4.78, 5) is 11.9. The van der Waals surface area contributed by atoms with Gasteiger partial charge in [-0.2, -0.15) is 0 Å². The van der Waals surface area contributed by atoms with E-state index < -0.39 is 0 Å². The Hall–Kier alpha value is -1.80. The maximum absolute atomic E-state index is 11.9. The molecule has 1 aromatic heterocycles. The van der Waals surface area contributed by atoms with Crippen molar-refractivity contribution in [1.29, 1.82) is 0 Å². The summed E-state index contributed by atoms with van der Waals surface area (Å²) in [5.74, 6) is 0.0855. The third-order valence-corrected chi connectivity index (χ3v) is 4.25. The van der Waals surface area contributed by atoms with Crippen LogP contribution in [0.1, 0.15) is 18.9 Å². The number of hydrogen-bond donors (Lipinski definition) is 2. The van der Waals surface area contributed by atoms with Crippen molar-refractivity contribution in [3.05, 3.63) is 23.2 Å². The molecule has 1 fully saturated rings. The first-order valence-electron chi connectivity index (χ1n) is 6.39. The molecule has 1 aliphatic rings. The normalized spacial score (nSPS) is 14.1. The van der Waals surface area contributed by atoms with Gasteiger partial charge in [-0.1, -0.05) is 23.4 Å². The average molecular weight is 325 g/mol. The molecule has 0 unspecified atom stereocenters. The Labute approximate surface area is 130 Å². The number of anilines is 2. The van der Waals surface area contributed by atoms with Crippen LogP contribution in [0.5, 0.6) is 0 Å². The van der Waals surface area contributed by atoms with Crippen molar-refractivity contribution < 1.29 is 4.79 Å². The number of benzene rings is 1. The molecular formula is C12H13ClN6OS. The van der Waals surface area contributed by atoms with Gasteiger partial charge in [0.25, 0.3) is 0 Å². The maximum atomic E-state index is 11.9. The third kappa shape index (κ3) is 3.45. The van der Waals surface area contributed by atoms with Crippen LogP contribution in [-0.4, -0.2) is 31.9 Å². The highest BCUT2D eigenvalue weighted by Crippen LogP contribution is 2.36. The van der Waals surface area contributed by atoms with Crippen LogP contribution in [0.15, 0.2) is 23.4 Å². The van der Waals surface area contributed by atoms with Gasteiger partial charge in [-0.3, -0.25) is 4.79 Å². The highest BCUT2D eigenvalue weighted by molar-refractivity contribution is 7.99. The number of halogens is 1. The van der Waals surface area contributed by atoms with Gasteiger partial charge in [0.2, 0.25) is 11.1 Å². The van der Waals surface area contributed by atoms with E-state index in [2.05, 4.69) is 20.8 Å². The van der Waals surface area contributed by atoms with Crippen molar-refractivity contribution in [3.8, 4) is 0 Å². The molecule has 7 nitrogen and oxygen atoms in total. The fourth-order valence-electron chi connectivity index (χ4n) is 1.78. The zero-order valence-electron chi connectivity index (χ0n) is 11.0. The van der Waals surface area contributed by atoms with E-state index in [1.165, 1.54) is 11.8 Å². The lowest BCUT2D eigenvalue weighted by Gasteiger charge is -2.06. The van der Waals surface area contributed by atoms with Gasteiger partial charge >= 0.3 is 0 Å². The quantitative estimate of drug-likeness (QED) is 0.644. The van der Waals surface area contributed by atoms with E-state index >= 15 is 0 Å². The van der Waals surface area contributed by atoms with Gasteiger partial charge in [0.05, 0.1) is 22.5 Å². The van der Waals surface area contributed by atoms with E-state index in [1.54, 1.807) is 22.9 Å². The minimum Gasteiger partial charge on any atom is -0.397 e. The second kappa shape index (κ2) is 5.90. The first kappa shape index (κ1) is 14.2. The number of carbonyl (C=O) groups is 1. The summed E-state index contributed by atoms with van der Waals surface area (Å²) in [5.41, 5.74) is 6.73. The van der Waals surface area contributed by atoms with Crippen molar-refractivity contribution in [3.63, 3.8) is 0 Å². The minimum atomic E-state index is -0.146. The Morgan fingerprint density at radius 1 is 1.52 bits per heavy atom. The fourth-order valence-corrected chi connectivity index (χ4v) is 2.64. The van der Waals surface area contributed by atoms with E-state index in [4.69, 9.17) is 17.3 Å². The molecule has 3 rings (SSSR count). The lowest BCUT2D eigenvalue weighted by Crippen LogP contribution is -2.14. The van der Waals surface area contributed by atoms with E-state index in [-0.39, 0.29) is 11.7 Å². The second-order valence-corrected chi connectivity index (χ2v) is 6.06. The number of rotatable bonds is 5. The molecule has 1 amide bonds. The molecule has 0 saturated heterocycles. The van der Waals surface area contributed by atoms with Crippen molar-refractivity contribution in [1.82, 2.24) is 20.2 Å². The molecule has 21 heavy (non-hydrogen) atoms. The van der Waals surface area contributed by atoms with Gasteiger partial charge in [0.1, 0.15) is 0 Å². The molecule has 0 bridgehead atoms. The lowest BCUT2D eigenvalue weighted by molar-refractivity contribution is -0.113. The summed E-state index contributed by atoms with van der Waals surface area (Å²) in [5, 5.41) is 15.4. The Morgan fingerprint density at radius 2 is 2.33 bits per heavy atom. The van der Waals surface area contributed by atoms with Gasteiger partial charge in [-0.25, -0.2) is 4.68 Å². The molecule has 110 valence electrons. The van der Waals surface area contributed by atoms with Crippen LogP contribution >= 0.6 is 23.4 Å². The topological polar surface area (TPSA) is 98.7 Å². The number of amides is 1. The molecule has 1 aromatic carbocycles. The summed E-state index contributed by atoms with van der Waals surface area (Å²) < 4.78 is 1.78. The monoisotopic (exact) mass is 324 g/mol. The molecule has 1 aliphatic carbocycles. The first-order valence-corrected chi connectivity index (χ1v) is 7.75. The van der Waals surface area contributed by atoms with Crippen LogP contribution < -0.4 is 11.1 Å². The molecule has 1 saturated carbocycles. The highest BCUT2D eigenvalue weighted by atomic mass is 35.5. The largest absolute Gasteiger partial charge is 0.397 e. The van der Waals surface area contributed by atoms with Crippen LogP contribution in [-0.2, 0) is 4.79 Å². The summed E-state index contributed by atoms with van der Waals surface area (Å²) >= 11 is 7.15. The second-order valence-electron chi connectivity index (χ2n) is 4.71. The van der Waals surface area contributed by atoms with E-state index in [0.29, 0.717) is 27.6 Å². The van der Waals surface area contributed by atoms with Crippen molar-refractivity contribution in [2.45, 2.75) is 24.0 Å². The van der Waals surface area contributed by atoms with Gasteiger partial charge in [0, 0.05) is 5.69 Å². The summed E-state index contributed by atoms with van der Waals surface area (Å²) in [7, 11) is 0. The fraction of sp³-hybridized carbons (Fsp3) is 0.333. The number of tetrazole rings is 1. The molecule has 9 heteroatoms. The van der Waals surface area contributed by atoms with Gasteiger partial charge in [-0.15, -0.1) is 5.10 Å². The van der Waals surface area contributed by atoms with Crippen molar-refractivity contribution in [2.24, 2.45) is 0 Å². The van der Waals surface area contributed by atoms with E-state index in [1.807, 2.05) is 0 Å². The average Bonchev–Trinajstić information content (AvgIpc) is 3.19. The molecule has 3 N–H and O–H groups in total. The van der Waals surface area contributed by atoms with Crippen molar-refractivity contribution >= 4 is 40.6 Å². The molecule has 2 aromatic rings. The number of thioether (sulfide) groups is 1. The molecule has 0 spiro atoms. The first-order chi connectivity index (χ1) is 10.1. The number of carbonyl (C=O) groups excluding carboxylic acids is 1. The third-order valence-electron chi connectivity index (χ3n) is 2.97. The number of hydrogen-bond acceptors (Lipinski definition) is 6. The summed E-state index contributed by atoms with van der Waals surface area (Å²) in [6, 6.07) is 5.36. The standard InChI is InChI=1S/C12H13ClN6OS/c13-9-4-1-7(5-10(9)14)15-11(20)6-21-12-16-17-18-19(12)8-2-3-8/h1,4-5,8H,2-3,6,14H2,(H,15,20). The Morgan fingerprint density at radius 3 is 3.05 bits per heavy atom. The molecule has 0 radical (unpaired) electrons. The molecular weight excluding hydrogens is 312 g/mol. The predicted molar refractivity (Wildman–Crippen MR) is 81.3 cm³/mol. The van der Waals surface area contributed by atoms with Gasteiger partial charge in [0.15, 0.2) is 0 Å². The number of nitrogens with one attached hydrogen (secondary N) is 1. The van der Waals surface area contributed by atoms with Crippen molar-refractivity contribution in [2.75, 3.05) is 16.8 Å². The minimum absolute atomic E-state index is 0.146. The van der Waals surface area contributed by atoms with E-state index in [9.17, 15) is 4.79 Å². The zero-order valence-corrected chi connectivity index (χ0v) is 12.6. The van der Waals surface area contributed by atoms with Crippen LogP contribution in [0.4, 0.5) is 11.4 Å². The lowest BCUT2D eigenvalue weighted by atomic mass is 10.3. The van der Waals surface area contributed by atoms with Crippen LogP contribution in [0.25, 0.3) is 0 Å². The van der Waals surface area contributed by atoms with Crippen LogP contribution in [0.3, 0.4) is 0 Å². The van der Waals surface area contributed by atoms with Crippen LogP contribution in [0, 0.1) is 0 Å². The van der Waals surface area contributed by atoms with E-state index in [0.717, 1.165) is 12.8 Å². The summed E-state index contributed by atoms with van der Waals surface area (Å²) in [6.45, 7) is 0. The molecule has 0 atom stereocenters. The smallest absolute Gasteiger partial charge is 0.234 e. The zero-order chi connectivity index (χ0) is 14.8. The van der Waals surface area contributed by atoms with Gasteiger partial charge < -0.3 is 11.1 Å². The number of aromatic nitrogens is 4.